The fourth-order valence-corrected chi connectivity index (χ4v) is 3.04. The van der Waals surface area contributed by atoms with Crippen LogP contribution in [0.1, 0.15) is 44.9 Å². The van der Waals surface area contributed by atoms with Gasteiger partial charge in [0.05, 0.1) is 12.0 Å². The SMILES string of the molecule is CSCCCCNC(=O)NC1(CC(=O)O)CCCC1. The van der Waals surface area contributed by atoms with Gasteiger partial charge in [0, 0.05) is 6.54 Å². The third-order valence-corrected chi connectivity index (χ3v) is 4.19. The third kappa shape index (κ3) is 6.18. The van der Waals surface area contributed by atoms with Crippen LogP contribution in [0.15, 0.2) is 0 Å². The Hall–Kier alpha value is -0.910. The Bertz CT molecular complexity index is 304. The summed E-state index contributed by atoms with van der Waals surface area (Å²) in [5.41, 5.74) is -0.533. The smallest absolute Gasteiger partial charge is 0.315 e. The molecule has 5 nitrogen and oxygen atoms in total. The molecule has 110 valence electrons. The van der Waals surface area contributed by atoms with Crippen molar-refractivity contribution in [2.45, 2.75) is 50.5 Å². The highest BCUT2D eigenvalue weighted by atomic mass is 32.2. The molecule has 1 aliphatic rings. The van der Waals surface area contributed by atoms with E-state index in [1.807, 2.05) is 0 Å². The molecule has 0 aromatic heterocycles. The first kappa shape index (κ1) is 16.1. The number of unbranched alkanes of at least 4 members (excludes halogenated alkanes) is 1. The second-order valence-electron chi connectivity index (χ2n) is 5.14. The minimum Gasteiger partial charge on any atom is -0.481 e. The summed E-state index contributed by atoms with van der Waals surface area (Å²) in [7, 11) is 0. The highest BCUT2D eigenvalue weighted by Crippen LogP contribution is 2.32. The average Bonchev–Trinajstić information content (AvgIpc) is 2.76. The van der Waals surface area contributed by atoms with E-state index in [0.29, 0.717) is 6.54 Å². The van der Waals surface area contributed by atoms with E-state index in [1.165, 1.54) is 0 Å². The number of carboxylic acid groups (broad SMARTS) is 1. The van der Waals surface area contributed by atoms with Gasteiger partial charge < -0.3 is 15.7 Å². The number of urea groups is 1. The summed E-state index contributed by atoms with van der Waals surface area (Å²) in [6.45, 7) is 0.648. The summed E-state index contributed by atoms with van der Waals surface area (Å²) < 4.78 is 0. The third-order valence-electron chi connectivity index (χ3n) is 3.49. The van der Waals surface area contributed by atoms with E-state index in [9.17, 15) is 9.59 Å². The Balaban J connectivity index is 2.29. The lowest BCUT2D eigenvalue weighted by Gasteiger charge is -2.28. The van der Waals surface area contributed by atoms with Gasteiger partial charge in [-0.15, -0.1) is 0 Å². The molecule has 1 rings (SSSR count). The van der Waals surface area contributed by atoms with Gasteiger partial charge in [-0.1, -0.05) is 12.8 Å². The molecule has 19 heavy (non-hydrogen) atoms. The van der Waals surface area contributed by atoms with Gasteiger partial charge in [-0.2, -0.15) is 11.8 Å². The van der Waals surface area contributed by atoms with Gasteiger partial charge in [0.1, 0.15) is 0 Å². The van der Waals surface area contributed by atoms with Crippen molar-refractivity contribution in [3.63, 3.8) is 0 Å². The molecule has 0 aromatic rings. The van der Waals surface area contributed by atoms with E-state index in [4.69, 9.17) is 5.11 Å². The normalized spacial score (nSPS) is 17.1. The van der Waals surface area contributed by atoms with Crippen molar-refractivity contribution < 1.29 is 14.7 Å². The topological polar surface area (TPSA) is 78.4 Å². The van der Waals surface area contributed by atoms with Crippen molar-refractivity contribution in [3.8, 4) is 0 Å². The molecule has 0 spiro atoms. The average molecular weight is 288 g/mol. The zero-order valence-electron chi connectivity index (χ0n) is 11.5. The molecule has 1 saturated carbocycles. The van der Waals surface area contributed by atoms with Crippen LogP contribution in [0.5, 0.6) is 0 Å². The number of carboxylic acids is 1. The van der Waals surface area contributed by atoms with Crippen LogP contribution < -0.4 is 10.6 Å². The molecule has 2 amide bonds. The molecule has 0 atom stereocenters. The van der Waals surface area contributed by atoms with E-state index in [2.05, 4.69) is 16.9 Å². The Labute approximate surface area is 118 Å². The molecular formula is C13H24N2O3S. The van der Waals surface area contributed by atoms with Gasteiger partial charge in [-0.3, -0.25) is 4.79 Å². The van der Waals surface area contributed by atoms with Gasteiger partial charge in [0.25, 0.3) is 0 Å². The maximum absolute atomic E-state index is 11.8. The number of rotatable bonds is 8. The second kappa shape index (κ2) is 8.30. The standard InChI is InChI=1S/C13H24N2O3S/c1-19-9-5-4-8-14-12(18)15-13(10-11(16)17)6-2-3-7-13/h2-10H2,1H3,(H,16,17)(H2,14,15,18). The van der Waals surface area contributed by atoms with Gasteiger partial charge >= 0.3 is 12.0 Å². The summed E-state index contributed by atoms with van der Waals surface area (Å²) in [5.74, 6) is 0.258. The summed E-state index contributed by atoms with van der Waals surface area (Å²) in [5, 5.41) is 14.6. The van der Waals surface area contributed by atoms with Crippen LogP contribution in [0.3, 0.4) is 0 Å². The molecule has 0 aromatic carbocycles. The molecule has 0 aliphatic heterocycles. The number of hydrogen-bond donors (Lipinski definition) is 3. The Morgan fingerprint density at radius 3 is 2.53 bits per heavy atom. The van der Waals surface area contributed by atoms with Crippen LogP contribution in [0, 0.1) is 0 Å². The zero-order valence-corrected chi connectivity index (χ0v) is 12.4. The molecule has 1 fully saturated rings. The lowest BCUT2D eigenvalue weighted by molar-refractivity contribution is -0.138. The van der Waals surface area contributed by atoms with E-state index < -0.39 is 11.5 Å². The van der Waals surface area contributed by atoms with Crippen molar-refractivity contribution in [1.29, 1.82) is 0 Å². The largest absolute Gasteiger partial charge is 0.481 e. The molecule has 0 heterocycles. The zero-order chi connectivity index (χ0) is 14.1. The quantitative estimate of drug-likeness (QED) is 0.598. The fourth-order valence-electron chi connectivity index (χ4n) is 2.55. The second-order valence-corrected chi connectivity index (χ2v) is 6.12. The van der Waals surface area contributed by atoms with Crippen molar-refractivity contribution in [3.05, 3.63) is 0 Å². The molecule has 1 aliphatic carbocycles. The summed E-state index contributed by atoms with van der Waals surface area (Å²) in [6, 6.07) is -0.229. The van der Waals surface area contributed by atoms with E-state index in [0.717, 1.165) is 44.3 Å². The summed E-state index contributed by atoms with van der Waals surface area (Å²) in [4.78, 5) is 22.7. The van der Waals surface area contributed by atoms with Gasteiger partial charge in [0.2, 0.25) is 0 Å². The molecule has 0 radical (unpaired) electrons. The highest BCUT2D eigenvalue weighted by molar-refractivity contribution is 7.98. The summed E-state index contributed by atoms with van der Waals surface area (Å²) in [6.07, 6.45) is 7.63. The minimum atomic E-state index is -0.845. The van der Waals surface area contributed by atoms with E-state index >= 15 is 0 Å². The fraction of sp³-hybridized carbons (Fsp3) is 0.846. The van der Waals surface area contributed by atoms with Crippen LogP contribution in [-0.4, -0.2) is 41.2 Å². The number of amides is 2. The molecule has 0 unspecified atom stereocenters. The van der Waals surface area contributed by atoms with Crippen LogP contribution in [0.4, 0.5) is 4.79 Å². The predicted molar refractivity (Wildman–Crippen MR) is 77.6 cm³/mol. The van der Waals surface area contributed by atoms with Gasteiger partial charge in [-0.05, 0) is 37.7 Å². The predicted octanol–water partition coefficient (Wildman–Crippen LogP) is 2.22. The number of nitrogens with one attached hydrogen (secondary N) is 2. The van der Waals surface area contributed by atoms with Crippen molar-refractivity contribution in [2.75, 3.05) is 18.6 Å². The van der Waals surface area contributed by atoms with Crippen LogP contribution in [0.2, 0.25) is 0 Å². The minimum absolute atomic E-state index is 0.0207. The van der Waals surface area contributed by atoms with E-state index in [1.54, 1.807) is 11.8 Å². The first-order valence-electron chi connectivity index (χ1n) is 6.85. The number of aliphatic carboxylic acids is 1. The van der Waals surface area contributed by atoms with Crippen molar-refractivity contribution in [2.24, 2.45) is 0 Å². The monoisotopic (exact) mass is 288 g/mol. The highest BCUT2D eigenvalue weighted by Gasteiger charge is 2.37. The van der Waals surface area contributed by atoms with Crippen LogP contribution >= 0.6 is 11.8 Å². The molecule has 6 heteroatoms. The van der Waals surface area contributed by atoms with Crippen molar-refractivity contribution in [1.82, 2.24) is 10.6 Å². The lowest BCUT2D eigenvalue weighted by atomic mass is 9.93. The van der Waals surface area contributed by atoms with E-state index in [-0.39, 0.29) is 12.5 Å². The number of carbonyl (C=O) groups excluding carboxylic acids is 1. The number of thioether (sulfide) groups is 1. The lowest BCUT2D eigenvalue weighted by Crippen LogP contribution is -2.51. The number of hydrogen-bond acceptors (Lipinski definition) is 3. The first-order valence-corrected chi connectivity index (χ1v) is 8.24. The van der Waals surface area contributed by atoms with Crippen molar-refractivity contribution >= 4 is 23.8 Å². The molecular weight excluding hydrogens is 264 g/mol. The Kier molecular flexibility index (Phi) is 7.05. The van der Waals surface area contributed by atoms with Gasteiger partial charge in [0.15, 0.2) is 0 Å². The Morgan fingerprint density at radius 1 is 1.26 bits per heavy atom. The summed E-state index contributed by atoms with van der Waals surface area (Å²) >= 11 is 1.80. The first-order chi connectivity index (χ1) is 9.08. The molecule has 0 saturated heterocycles. The molecule has 3 N–H and O–H groups in total. The van der Waals surface area contributed by atoms with Gasteiger partial charge in [-0.25, -0.2) is 4.79 Å². The number of carbonyl (C=O) groups is 2. The maximum Gasteiger partial charge on any atom is 0.315 e. The Morgan fingerprint density at radius 2 is 1.95 bits per heavy atom. The van der Waals surface area contributed by atoms with Crippen LogP contribution in [-0.2, 0) is 4.79 Å². The molecule has 0 bridgehead atoms. The maximum atomic E-state index is 11.8. The van der Waals surface area contributed by atoms with Crippen LogP contribution in [0.25, 0.3) is 0 Å².